The van der Waals surface area contributed by atoms with Gasteiger partial charge in [0.1, 0.15) is 17.3 Å². The Morgan fingerprint density at radius 3 is 2.75 bits per heavy atom. The zero-order chi connectivity index (χ0) is 12.3. The molecule has 1 aromatic rings. The first kappa shape index (κ1) is 11.8. The van der Waals surface area contributed by atoms with E-state index >= 15 is 0 Å². The number of pyridine rings is 1. The van der Waals surface area contributed by atoms with Gasteiger partial charge in [0.2, 0.25) is 0 Å². The van der Waals surface area contributed by atoms with Gasteiger partial charge in [-0.2, -0.15) is 5.26 Å². The molecule has 5 nitrogen and oxygen atoms in total. The molecular weight excluding hydrogens is 220 g/mol. The summed E-state index contributed by atoms with van der Waals surface area (Å²) in [5, 5.41) is 8.67. The van der Waals surface area contributed by atoms with Gasteiger partial charge in [-0.15, -0.1) is 0 Å². The third-order valence-corrected chi connectivity index (χ3v) is 1.79. The van der Waals surface area contributed by atoms with E-state index in [2.05, 4.69) is 9.72 Å². The fraction of sp³-hybridized carbons (Fsp3) is 0.222. The Morgan fingerprint density at radius 1 is 1.69 bits per heavy atom. The maximum Gasteiger partial charge on any atom is 0.342 e. The second kappa shape index (κ2) is 4.53. The summed E-state index contributed by atoms with van der Waals surface area (Å²) in [7, 11) is 1.09. The molecule has 0 fully saturated rings. The van der Waals surface area contributed by atoms with E-state index in [1.165, 1.54) is 6.07 Å². The Balaban J connectivity index is 3.42. The van der Waals surface area contributed by atoms with Crippen molar-refractivity contribution in [3.8, 4) is 6.07 Å². The van der Waals surface area contributed by atoms with Gasteiger partial charge in [-0.25, -0.2) is 18.6 Å². The molecule has 0 unspecified atom stereocenters. The molecule has 0 spiro atoms. The summed E-state index contributed by atoms with van der Waals surface area (Å²) in [6.45, 7) is 0. The Labute approximate surface area is 89.4 Å². The number of carbonyl (C=O) groups excluding carboxylic acids is 1. The standard InChI is InChI=1S/C9H7F2N3O2/c1-16-9(15)7-4(13)2-5(8(10)11)14-6(7)3-12/h2,8H,1H3,(H2,13,14). The lowest BCUT2D eigenvalue weighted by molar-refractivity contribution is 0.0600. The van der Waals surface area contributed by atoms with Gasteiger partial charge in [-0.1, -0.05) is 0 Å². The van der Waals surface area contributed by atoms with E-state index in [0.29, 0.717) is 0 Å². The molecule has 0 saturated heterocycles. The predicted octanol–water partition coefficient (Wildman–Crippen LogP) is 1.26. The molecule has 0 aromatic carbocycles. The highest BCUT2D eigenvalue weighted by Gasteiger charge is 2.21. The second-order valence-corrected chi connectivity index (χ2v) is 2.76. The number of nitrogen functional groups attached to an aromatic ring is 1. The molecule has 0 atom stereocenters. The van der Waals surface area contributed by atoms with Crippen molar-refractivity contribution in [1.82, 2.24) is 4.98 Å². The minimum atomic E-state index is -2.86. The molecule has 0 radical (unpaired) electrons. The molecule has 0 saturated carbocycles. The van der Waals surface area contributed by atoms with Crippen LogP contribution in [0.4, 0.5) is 14.5 Å². The number of methoxy groups -OCH3 is 1. The van der Waals surface area contributed by atoms with Crippen molar-refractivity contribution in [3.05, 3.63) is 23.0 Å². The lowest BCUT2D eigenvalue weighted by atomic mass is 10.1. The van der Waals surface area contributed by atoms with E-state index in [-0.39, 0.29) is 11.3 Å². The number of alkyl halides is 2. The number of hydrogen-bond donors (Lipinski definition) is 1. The van der Waals surface area contributed by atoms with Crippen molar-refractivity contribution in [2.45, 2.75) is 6.43 Å². The first-order valence-corrected chi connectivity index (χ1v) is 4.08. The van der Waals surface area contributed by atoms with Crippen LogP contribution in [0.1, 0.15) is 28.2 Å². The first-order chi connectivity index (χ1) is 7.51. The first-order valence-electron chi connectivity index (χ1n) is 4.08. The highest BCUT2D eigenvalue weighted by atomic mass is 19.3. The third kappa shape index (κ3) is 2.06. The number of aromatic nitrogens is 1. The number of nitrogens with two attached hydrogens (primary N) is 1. The van der Waals surface area contributed by atoms with Crippen LogP contribution < -0.4 is 5.73 Å². The minimum Gasteiger partial charge on any atom is -0.465 e. The summed E-state index contributed by atoms with van der Waals surface area (Å²) in [6, 6.07) is 2.37. The Morgan fingerprint density at radius 2 is 2.31 bits per heavy atom. The van der Waals surface area contributed by atoms with E-state index in [4.69, 9.17) is 11.0 Å². The number of nitrogens with zero attached hydrogens (tertiary/aromatic N) is 2. The van der Waals surface area contributed by atoms with Crippen LogP contribution in [0.15, 0.2) is 6.07 Å². The van der Waals surface area contributed by atoms with Gasteiger partial charge >= 0.3 is 5.97 Å². The summed E-state index contributed by atoms with van der Waals surface area (Å²) in [5.41, 5.74) is 3.71. The maximum atomic E-state index is 12.3. The van der Waals surface area contributed by atoms with Gasteiger partial charge < -0.3 is 10.5 Å². The van der Waals surface area contributed by atoms with E-state index in [1.807, 2.05) is 0 Å². The molecule has 1 aromatic heterocycles. The van der Waals surface area contributed by atoms with Crippen LogP contribution in [0.5, 0.6) is 0 Å². The van der Waals surface area contributed by atoms with Crippen LogP contribution in [0.25, 0.3) is 0 Å². The van der Waals surface area contributed by atoms with Crippen molar-refractivity contribution in [1.29, 1.82) is 5.26 Å². The van der Waals surface area contributed by atoms with Crippen LogP contribution in [-0.4, -0.2) is 18.1 Å². The predicted molar refractivity (Wildman–Crippen MR) is 49.7 cm³/mol. The normalized spacial score (nSPS) is 9.94. The van der Waals surface area contributed by atoms with Crippen molar-refractivity contribution < 1.29 is 18.3 Å². The van der Waals surface area contributed by atoms with E-state index in [0.717, 1.165) is 13.2 Å². The van der Waals surface area contributed by atoms with E-state index in [9.17, 15) is 13.6 Å². The quantitative estimate of drug-likeness (QED) is 0.768. The van der Waals surface area contributed by atoms with Crippen LogP contribution in [0.3, 0.4) is 0 Å². The van der Waals surface area contributed by atoms with Gasteiger partial charge in [0.15, 0.2) is 5.69 Å². The van der Waals surface area contributed by atoms with Gasteiger partial charge in [0.25, 0.3) is 6.43 Å². The fourth-order valence-electron chi connectivity index (χ4n) is 1.09. The number of esters is 1. The molecule has 2 N–H and O–H groups in total. The molecule has 1 rings (SSSR count). The Bertz CT molecular complexity index is 469. The molecule has 0 bridgehead atoms. The van der Waals surface area contributed by atoms with Crippen LogP contribution in [0, 0.1) is 11.3 Å². The number of anilines is 1. The molecule has 7 heteroatoms. The topological polar surface area (TPSA) is 89.0 Å². The average Bonchev–Trinajstić information content (AvgIpc) is 2.26. The molecule has 16 heavy (non-hydrogen) atoms. The third-order valence-electron chi connectivity index (χ3n) is 1.79. The van der Waals surface area contributed by atoms with Gasteiger partial charge in [0, 0.05) is 0 Å². The highest BCUT2D eigenvalue weighted by molar-refractivity contribution is 5.97. The Kier molecular flexibility index (Phi) is 3.35. The zero-order valence-electron chi connectivity index (χ0n) is 8.20. The summed E-state index contributed by atoms with van der Waals surface area (Å²) in [5.74, 6) is -0.887. The largest absolute Gasteiger partial charge is 0.465 e. The van der Waals surface area contributed by atoms with E-state index < -0.39 is 23.8 Å². The van der Waals surface area contributed by atoms with Gasteiger partial charge in [-0.05, 0) is 6.07 Å². The summed E-state index contributed by atoms with van der Waals surface area (Å²) in [6.07, 6.45) is -2.86. The monoisotopic (exact) mass is 227 g/mol. The van der Waals surface area contributed by atoms with Crippen LogP contribution >= 0.6 is 0 Å². The number of rotatable bonds is 2. The van der Waals surface area contributed by atoms with Gasteiger partial charge in [-0.3, -0.25) is 0 Å². The summed E-state index contributed by atoms with van der Waals surface area (Å²) in [4.78, 5) is 14.5. The molecule has 0 aliphatic carbocycles. The summed E-state index contributed by atoms with van der Waals surface area (Å²) >= 11 is 0. The lowest BCUT2D eigenvalue weighted by Crippen LogP contribution is -2.11. The van der Waals surface area contributed by atoms with E-state index in [1.54, 1.807) is 0 Å². The van der Waals surface area contributed by atoms with Crippen LogP contribution in [0.2, 0.25) is 0 Å². The van der Waals surface area contributed by atoms with Crippen molar-refractivity contribution >= 4 is 11.7 Å². The fourth-order valence-corrected chi connectivity index (χ4v) is 1.09. The molecule has 0 amide bonds. The molecule has 0 aliphatic heterocycles. The second-order valence-electron chi connectivity index (χ2n) is 2.76. The molecular formula is C9H7F2N3O2. The van der Waals surface area contributed by atoms with Crippen molar-refractivity contribution in [2.75, 3.05) is 12.8 Å². The number of nitriles is 1. The van der Waals surface area contributed by atoms with Crippen LogP contribution in [-0.2, 0) is 4.74 Å². The molecule has 84 valence electrons. The van der Waals surface area contributed by atoms with Gasteiger partial charge in [0.05, 0.1) is 12.8 Å². The number of halogens is 2. The zero-order valence-corrected chi connectivity index (χ0v) is 8.20. The summed E-state index contributed by atoms with van der Waals surface area (Å²) < 4.78 is 29.0. The number of carbonyl (C=O) groups is 1. The minimum absolute atomic E-state index is 0.256. The molecule has 1 heterocycles. The van der Waals surface area contributed by atoms with Crippen molar-refractivity contribution in [3.63, 3.8) is 0 Å². The lowest BCUT2D eigenvalue weighted by Gasteiger charge is -2.07. The highest BCUT2D eigenvalue weighted by Crippen LogP contribution is 2.23. The number of ether oxygens (including phenoxy) is 1. The Hall–Kier alpha value is -2.23. The average molecular weight is 227 g/mol. The number of hydrogen-bond acceptors (Lipinski definition) is 5. The van der Waals surface area contributed by atoms with Crippen molar-refractivity contribution in [2.24, 2.45) is 0 Å². The molecule has 0 aliphatic rings. The SMILES string of the molecule is COC(=O)c1c(N)cc(C(F)F)nc1C#N. The maximum absolute atomic E-state index is 12.3. The smallest absolute Gasteiger partial charge is 0.342 e.